The first-order chi connectivity index (χ1) is 8.10. The molecule has 0 radical (unpaired) electrons. The Morgan fingerprint density at radius 3 is 2.18 bits per heavy atom. The van der Waals surface area contributed by atoms with Gasteiger partial charge in [-0.2, -0.15) is 0 Å². The molecule has 17 heavy (non-hydrogen) atoms. The van der Waals surface area contributed by atoms with Gasteiger partial charge in [0.2, 0.25) is 0 Å². The molecule has 88 valence electrons. The summed E-state index contributed by atoms with van der Waals surface area (Å²) in [4.78, 5) is 4.06. The van der Waals surface area contributed by atoms with Gasteiger partial charge in [0.25, 0.3) is 0 Å². The average molecular weight is 289 g/mol. The normalized spacial score (nSPS) is 10.6. The monoisotopic (exact) mass is 287 g/mol. The summed E-state index contributed by atoms with van der Waals surface area (Å²) in [6, 6.07) is 6.87. The third-order valence-corrected chi connectivity index (χ3v) is 2.90. The number of aliphatic hydroxyl groups excluding tert-OH is 1. The first-order valence-corrected chi connectivity index (χ1v) is 5.95. The first kappa shape index (κ1) is 12.7. The van der Waals surface area contributed by atoms with Crippen molar-refractivity contribution in [1.82, 2.24) is 4.98 Å². The Bertz CT molecular complexity index is 537. The average Bonchev–Trinajstić information content (AvgIpc) is 2.27. The minimum Gasteiger partial charge on any atom is -0.390 e. The number of hydrogen-bond acceptors (Lipinski definition) is 2. The zero-order valence-electron chi connectivity index (χ0n) is 8.62. The molecule has 1 aromatic carbocycles. The first-order valence-electron chi connectivity index (χ1n) is 4.82. The smallest absolute Gasteiger partial charge is 0.0859 e. The molecule has 2 rings (SSSR count). The summed E-state index contributed by atoms with van der Waals surface area (Å²) in [5.41, 5.74) is 2.04. The highest BCUT2D eigenvalue weighted by molar-refractivity contribution is 6.35. The molecule has 2 aromatic rings. The van der Waals surface area contributed by atoms with Crippen LogP contribution in [0.1, 0.15) is 5.69 Å². The van der Waals surface area contributed by atoms with Crippen molar-refractivity contribution >= 4 is 34.8 Å². The van der Waals surface area contributed by atoms with Gasteiger partial charge < -0.3 is 5.11 Å². The molecule has 0 bridgehead atoms. The van der Waals surface area contributed by atoms with Crippen LogP contribution < -0.4 is 0 Å². The Balaban J connectivity index is 2.62. The number of benzene rings is 1. The second-order valence-electron chi connectivity index (χ2n) is 3.46. The summed E-state index contributed by atoms with van der Waals surface area (Å²) in [5.74, 6) is 0. The molecule has 5 heteroatoms. The lowest BCUT2D eigenvalue weighted by molar-refractivity contribution is 0.277. The summed E-state index contributed by atoms with van der Waals surface area (Å²) < 4.78 is 0. The third kappa shape index (κ3) is 2.90. The van der Waals surface area contributed by atoms with E-state index in [1.54, 1.807) is 24.3 Å². The van der Waals surface area contributed by atoms with Gasteiger partial charge in [-0.25, -0.2) is 0 Å². The predicted molar refractivity (Wildman–Crippen MR) is 70.6 cm³/mol. The lowest BCUT2D eigenvalue weighted by Gasteiger charge is -2.08. The number of rotatable bonds is 2. The van der Waals surface area contributed by atoms with E-state index in [-0.39, 0.29) is 6.61 Å². The van der Waals surface area contributed by atoms with Crippen molar-refractivity contribution in [3.8, 4) is 11.1 Å². The molecule has 1 heterocycles. The van der Waals surface area contributed by atoms with Gasteiger partial charge in [0, 0.05) is 21.8 Å². The largest absolute Gasteiger partial charge is 0.390 e. The van der Waals surface area contributed by atoms with Crippen LogP contribution in [-0.4, -0.2) is 10.1 Å². The van der Waals surface area contributed by atoms with E-state index in [1.807, 2.05) is 0 Å². The second-order valence-corrected chi connectivity index (χ2v) is 4.77. The quantitative estimate of drug-likeness (QED) is 0.898. The van der Waals surface area contributed by atoms with Crippen molar-refractivity contribution in [2.75, 3.05) is 0 Å². The number of aliphatic hydroxyl groups is 1. The fraction of sp³-hybridized carbons (Fsp3) is 0.0833. The van der Waals surface area contributed by atoms with Crippen molar-refractivity contribution in [2.24, 2.45) is 0 Å². The van der Waals surface area contributed by atoms with Crippen LogP contribution in [0.15, 0.2) is 30.5 Å². The minimum atomic E-state index is -0.170. The summed E-state index contributed by atoms with van der Waals surface area (Å²) >= 11 is 17.8. The molecule has 0 amide bonds. The van der Waals surface area contributed by atoms with E-state index in [9.17, 15) is 5.11 Å². The fourth-order valence-electron chi connectivity index (χ4n) is 1.55. The molecule has 2 nitrogen and oxygen atoms in total. The molecule has 0 saturated carbocycles. The summed E-state index contributed by atoms with van der Waals surface area (Å²) in [5, 5.41) is 10.8. The Hall–Kier alpha value is -0.800. The van der Waals surface area contributed by atoms with Crippen LogP contribution in [0.5, 0.6) is 0 Å². The van der Waals surface area contributed by atoms with E-state index in [2.05, 4.69) is 4.98 Å². The lowest BCUT2D eigenvalue weighted by Crippen LogP contribution is -1.93. The van der Waals surface area contributed by atoms with Crippen LogP contribution in [0.4, 0.5) is 0 Å². The second kappa shape index (κ2) is 5.23. The van der Waals surface area contributed by atoms with E-state index in [0.717, 1.165) is 11.1 Å². The molecule has 0 atom stereocenters. The SMILES string of the molecule is OCc1ncc(Cl)cc1-c1cc(Cl)cc(Cl)c1. The predicted octanol–water partition coefficient (Wildman–Crippen LogP) is 4.20. The number of pyridine rings is 1. The molecule has 1 N–H and O–H groups in total. The van der Waals surface area contributed by atoms with Gasteiger partial charge in [0.05, 0.1) is 17.3 Å². The van der Waals surface area contributed by atoms with Crippen molar-refractivity contribution in [3.05, 3.63) is 51.2 Å². The Morgan fingerprint density at radius 2 is 1.59 bits per heavy atom. The van der Waals surface area contributed by atoms with Crippen LogP contribution in [0.3, 0.4) is 0 Å². The summed E-state index contributed by atoms with van der Waals surface area (Å²) in [6.07, 6.45) is 1.49. The standard InChI is InChI=1S/C12H8Cl3NO/c13-8-1-7(2-9(14)3-8)11-4-10(15)5-16-12(11)6-17/h1-5,17H,6H2. The van der Waals surface area contributed by atoms with Crippen LogP contribution in [-0.2, 0) is 6.61 Å². The maximum atomic E-state index is 9.24. The summed E-state index contributed by atoms with van der Waals surface area (Å²) in [7, 11) is 0. The van der Waals surface area contributed by atoms with Crippen LogP contribution in [0.2, 0.25) is 15.1 Å². The molecule has 0 aliphatic heterocycles. The molecule has 0 fully saturated rings. The third-order valence-electron chi connectivity index (χ3n) is 2.26. The van der Waals surface area contributed by atoms with Crippen molar-refractivity contribution in [2.45, 2.75) is 6.61 Å². The Morgan fingerprint density at radius 1 is 0.941 bits per heavy atom. The molecule has 0 spiro atoms. The van der Waals surface area contributed by atoms with E-state index >= 15 is 0 Å². The highest BCUT2D eigenvalue weighted by Crippen LogP contribution is 2.30. The van der Waals surface area contributed by atoms with Crippen molar-refractivity contribution in [3.63, 3.8) is 0 Å². The van der Waals surface area contributed by atoms with E-state index in [0.29, 0.717) is 20.8 Å². The number of nitrogens with zero attached hydrogens (tertiary/aromatic N) is 1. The molecular weight excluding hydrogens is 280 g/mol. The van der Waals surface area contributed by atoms with Gasteiger partial charge in [-0.05, 0) is 29.8 Å². The van der Waals surface area contributed by atoms with Crippen LogP contribution in [0.25, 0.3) is 11.1 Å². The molecular formula is C12H8Cl3NO. The van der Waals surface area contributed by atoms with Gasteiger partial charge >= 0.3 is 0 Å². The summed E-state index contributed by atoms with van der Waals surface area (Å²) in [6.45, 7) is -0.170. The fourth-order valence-corrected chi connectivity index (χ4v) is 2.24. The zero-order chi connectivity index (χ0) is 12.4. The van der Waals surface area contributed by atoms with Gasteiger partial charge in [-0.15, -0.1) is 0 Å². The molecule has 1 aromatic heterocycles. The number of aromatic nitrogens is 1. The molecule has 0 saturated heterocycles. The van der Waals surface area contributed by atoms with Gasteiger partial charge in [0.1, 0.15) is 0 Å². The zero-order valence-corrected chi connectivity index (χ0v) is 10.9. The van der Waals surface area contributed by atoms with Gasteiger partial charge in [-0.3, -0.25) is 4.98 Å². The highest BCUT2D eigenvalue weighted by atomic mass is 35.5. The minimum absolute atomic E-state index is 0.170. The maximum Gasteiger partial charge on any atom is 0.0859 e. The molecule has 0 unspecified atom stereocenters. The number of hydrogen-bond donors (Lipinski definition) is 1. The van der Waals surface area contributed by atoms with Crippen LogP contribution in [0, 0.1) is 0 Å². The van der Waals surface area contributed by atoms with Gasteiger partial charge in [-0.1, -0.05) is 34.8 Å². The number of halogens is 3. The molecule has 0 aliphatic rings. The maximum absolute atomic E-state index is 9.24. The lowest BCUT2D eigenvalue weighted by atomic mass is 10.0. The van der Waals surface area contributed by atoms with Crippen molar-refractivity contribution in [1.29, 1.82) is 0 Å². The van der Waals surface area contributed by atoms with E-state index < -0.39 is 0 Å². The van der Waals surface area contributed by atoms with Crippen LogP contribution >= 0.6 is 34.8 Å². The Labute approximate surface area is 114 Å². The Kier molecular flexibility index (Phi) is 3.89. The van der Waals surface area contributed by atoms with E-state index in [4.69, 9.17) is 34.8 Å². The van der Waals surface area contributed by atoms with Crippen molar-refractivity contribution < 1.29 is 5.11 Å². The van der Waals surface area contributed by atoms with Gasteiger partial charge in [0.15, 0.2) is 0 Å². The topological polar surface area (TPSA) is 33.1 Å². The highest BCUT2D eigenvalue weighted by Gasteiger charge is 2.08. The molecule has 0 aliphatic carbocycles. The van der Waals surface area contributed by atoms with E-state index in [1.165, 1.54) is 6.20 Å².